The standard InChI is InChI=1S/C13H25NO3/c1-13(2,3)17-10-9-14-8-6-4-5-7-11(14)12(15)16/h11H,4-10H2,1-3H3,(H,15,16). The molecule has 1 fully saturated rings. The number of carbonyl (C=O) groups is 1. The van der Waals surface area contributed by atoms with Crippen molar-refractivity contribution in [1.29, 1.82) is 0 Å². The molecule has 1 aliphatic rings. The van der Waals surface area contributed by atoms with Crippen LogP contribution in [0.4, 0.5) is 0 Å². The van der Waals surface area contributed by atoms with E-state index in [-0.39, 0.29) is 11.6 Å². The Kier molecular flexibility index (Phi) is 5.40. The van der Waals surface area contributed by atoms with Crippen LogP contribution in [0.15, 0.2) is 0 Å². The molecule has 0 saturated carbocycles. The summed E-state index contributed by atoms with van der Waals surface area (Å²) in [5.41, 5.74) is -0.148. The number of likely N-dealkylation sites (tertiary alicyclic amines) is 1. The minimum Gasteiger partial charge on any atom is -0.480 e. The van der Waals surface area contributed by atoms with Crippen LogP contribution in [0.25, 0.3) is 0 Å². The fourth-order valence-corrected chi connectivity index (χ4v) is 2.18. The van der Waals surface area contributed by atoms with Gasteiger partial charge in [0.2, 0.25) is 0 Å². The highest BCUT2D eigenvalue weighted by Gasteiger charge is 2.26. The molecule has 0 radical (unpaired) electrons. The van der Waals surface area contributed by atoms with Crippen LogP contribution < -0.4 is 0 Å². The molecule has 1 atom stereocenters. The molecular weight excluding hydrogens is 218 g/mol. The largest absolute Gasteiger partial charge is 0.480 e. The number of aliphatic carboxylic acids is 1. The second kappa shape index (κ2) is 6.36. The number of rotatable bonds is 4. The third kappa shape index (κ3) is 5.50. The maximum Gasteiger partial charge on any atom is 0.320 e. The molecule has 4 heteroatoms. The predicted molar refractivity (Wildman–Crippen MR) is 67.2 cm³/mol. The van der Waals surface area contributed by atoms with Crippen molar-refractivity contribution in [3.05, 3.63) is 0 Å². The van der Waals surface area contributed by atoms with E-state index in [4.69, 9.17) is 4.74 Å². The maximum atomic E-state index is 11.2. The molecule has 17 heavy (non-hydrogen) atoms. The van der Waals surface area contributed by atoms with Gasteiger partial charge < -0.3 is 9.84 Å². The van der Waals surface area contributed by atoms with Crippen molar-refractivity contribution in [2.24, 2.45) is 0 Å². The summed E-state index contributed by atoms with van der Waals surface area (Å²) in [5.74, 6) is -0.692. The van der Waals surface area contributed by atoms with E-state index >= 15 is 0 Å². The Morgan fingerprint density at radius 2 is 2.06 bits per heavy atom. The SMILES string of the molecule is CC(C)(C)OCCN1CCCCCC1C(=O)O. The molecule has 1 unspecified atom stereocenters. The van der Waals surface area contributed by atoms with E-state index < -0.39 is 5.97 Å². The first-order valence-corrected chi connectivity index (χ1v) is 6.51. The van der Waals surface area contributed by atoms with Crippen molar-refractivity contribution in [1.82, 2.24) is 4.90 Å². The van der Waals surface area contributed by atoms with Gasteiger partial charge >= 0.3 is 5.97 Å². The molecule has 100 valence electrons. The van der Waals surface area contributed by atoms with E-state index in [1.807, 2.05) is 20.8 Å². The Bertz CT molecular complexity index is 248. The van der Waals surface area contributed by atoms with Crippen molar-refractivity contribution < 1.29 is 14.6 Å². The quantitative estimate of drug-likeness (QED) is 0.821. The van der Waals surface area contributed by atoms with Gasteiger partial charge in [0.15, 0.2) is 0 Å². The van der Waals surface area contributed by atoms with Crippen molar-refractivity contribution >= 4 is 5.97 Å². The minimum atomic E-state index is -0.692. The minimum absolute atomic E-state index is 0.148. The lowest BCUT2D eigenvalue weighted by molar-refractivity contribution is -0.143. The van der Waals surface area contributed by atoms with Crippen LogP contribution in [0.3, 0.4) is 0 Å². The van der Waals surface area contributed by atoms with Gasteiger partial charge in [-0.05, 0) is 40.2 Å². The highest BCUT2D eigenvalue weighted by molar-refractivity contribution is 5.73. The van der Waals surface area contributed by atoms with E-state index in [0.29, 0.717) is 13.2 Å². The predicted octanol–water partition coefficient (Wildman–Crippen LogP) is 2.13. The van der Waals surface area contributed by atoms with Gasteiger partial charge in [0.05, 0.1) is 12.2 Å². The molecule has 0 aliphatic carbocycles. The van der Waals surface area contributed by atoms with Gasteiger partial charge in [0, 0.05) is 6.54 Å². The van der Waals surface area contributed by atoms with Crippen molar-refractivity contribution in [2.75, 3.05) is 19.7 Å². The second-order valence-electron chi connectivity index (χ2n) is 5.70. The molecule has 0 aromatic carbocycles. The van der Waals surface area contributed by atoms with Gasteiger partial charge in [-0.2, -0.15) is 0 Å². The first-order valence-electron chi connectivity index (χ1n) is 6.51. The number of nitrogens with zero attached hydrogens (tertiary/aromatic N) is 1. The molecule has 4 nitrogen and oxygen atoms in total. The van der Waals surface area contributed by atoms with Gasteiger partial charge in [0.1, 0.15) is 6.04 Å². The van der Waals surface area contributed by atoms with Crippen LogP contribution in [0.2, 0.25) is 0 Å². The van der Waals surface area contributed by atoms with Crippen LogP contribution in [0, 0.1) is 0 Å². The van der Waals surface area contributed by atoms with Crippen molar-refractivity contribution in [2.45, 2.75) is 58.1 Å². The van der Waals surface area contributed by atoms with E-state index in [0.717, 1.165) is 32.2 Å². The summed E-state index contributed by atoms with van der Waals surface area (Å²) in [6, 6.07) is -0.318. The lowest BCUT2D eigenvalue weighted by Crippen LogP contribution is -2.43. The van der Waals surface area contributed by atoms with Gasteiger partial charge in [-0.25, -0.2) is 0 Å². The van der Waals surface area contributed by atoms with Gasteiger partial charge in [-0.3, -0.25) is 9.69 Å². The Balaban J connectivity index is 2.44. The van der Waals surface area contributed by atoms with Gasteiger partial charge in [-0.15, -0.1) is 0 Å². The zero-order valence-corrected chi connectivity index (χ0v) is 11.2. The first-order chi connectivity index (χ1) is 7.90. The number of ether oxygens (including phenoxy) is 1. The third-order valence-electron chi connectivity index (χ3n) is 3.06. The van der Waals surface area contributed by atoms with E-state index in [1.165, 1.54) is 0 Å². The Morgan fingerprint density at radius 3 is 2.65 bits per heavy atom. The Morgan fingerprint density at radius 1 is 1.35 bits per heavy atom. The van der Waals surface area contributed by atoms with Crippen LogP contribution >= 0.6 is 0 Å². The maximum absolute atomic E-state index is 11.2. The molecule has 0 aromatic heterocycles. The summed E-state index contributed by atoms with van der Waals surface area (Å²) in [6.07, 6.45) is 4.03. The van der Waals surface area contributed by atoms with Crippen LogP contribution in [0.5, 0.6) is 0 Å². The van der Waals surface area contributed by atoms with E-state index in [1.54, 1.807) is 0 Å². The van der Waals surface area contributed by atoms with Crippen LogP contribution in [-0.2, 0) is 9.53 Å². The van der Waals surface area contributed by atoms with Crippen molar-refractivity contribution in [3.8, 4) is 0 Å². The van der Waals surface area contributed by atoms with Crippen LogP contribution in [0.1, 0.15) is 46.5 Å². The molecule has 0 aromatic rings. The molecule has 1 N–H and O–H groups in total. The fourth-order valence-electron chi connectivity index (χ4n) is 2.18. The molecule has 0 amide bonds. The summed E-state index contributed by atoms with van der Waals surface area (Å²) in [5, 5.41) is 9.21. The second-order valence-corrected chi connectivity index (χ2v) is 5.70. The zero-order valence-electron chi connectivity index (χ0n) is 11.2. The number of hydrogen-bond donors (Lipinski definition) is 1. The molecule has 1 saturated heterocycles. The van der Waals surface area contributed by atoms with Crippen molar-refractivity contribution in [3.63, 3.8) is 0 Å². The molecule has 1 aliphatic heterocycles. The lowest BCUT2D eigenvalue weighted by Gasteiger charge is -2.28. The highest BCUT2D eigenvalue weighted by Crippen LogP contribution is 2.17. The topological polar surface area (TPSA) is 49.8 Å². The van der Waals surface area contributed by atoms with E-state index in [9.17, 15) is 9.90 Å². The number of carboxylic acid groups (broad SMARTS) is 1. The summed E-state index contributed by atoms with van der Waals surface area (Å²) < 4.78 is 5.67. The lowest BCUT2D eigenvalue weighted by atomic mass is 10.1. The van der Waals surface area contributed by atoms with Gasteiger partial charge in [-0.1, -0.05) is 12.8 Å². The Hall–Kier alpha value is -0.610. The average Bonchev–Trinajstić information content (AvgIpc) is 2.41. The first kappa shape index (κ1) is 14.5. The summed E-state index contributed by atoms with van der Waals surface area (Å²) in [4.78, 5) is 13.3. The smallest absolute Gasteiger partial charge is 0.320 e. The molecular formula is C13H25NO3. The summed E-state index contributed by atoms with van der Waals surface area (Å²) >= 11 is 0. The third-order valence-corrected chi connectivity index (χ3v) is 3.06. The van der Waals surface area contributed by atoms with Crippen LogP contribution in [-0.4, -0.2) is 47.3 Å². The zero-order chi connectivity index (χ0) is 12.9. The number of carboxylic acids is 1. The highest BCUT2D eigenvalue weighted by atomic mass is 16.5. The van der Waals surface area contributed by atoms with E-state index in [2.05, 4.69) is 4.90 Å². The number of hydrogen-bond acceptors (Lipinski definition) is 3. The molecule has 0 bridgehead atoms. The molecule has 1 rings (SSSR count). The Labute approximate surface area is 104 Å². The molecule has 0 spiro atoms. The monoisotopic (exact) mass is 243 g/mol. The normalized spacial score (nSPS) is 23.4. The molecule has 1 heterocycles. The fraction of sp³-hybridized carbons (Fsp3) is 0.923. The summed E-state index contributed by atoms with van der Waals surface area (Å²) in [6.45, 7) is 8.25. The average molecular weight is 243 g/mol. The summed E-state index contributed by atoms with van der Waals surface area (Å²) in [7, 11) is 0. The van der Waals surface area contributed by atoms with Gasteiger partial charge in [0.25, 0.3) is 0 Å².